The van der Waals surface area contributed by atoms with Gasteiger partial charge in [0.1, 0.15) is 0 Å². The van der Waals surface area contributed by atoms with Crippen molar-refractivity contribution in [2.75, 3.05) is 5.32 Å². The summed E-state index contributed by atoms with van der Waals surface area (Å²) in [6.07, 6.45) is 7.23. The molecule has 0 radical (unpaired) electrons. The van der Waals surface area contributed by atoms with E-state index < -0.39 is 11.7 Å². The Balaban J connectivity index is 1.93. The normalized spacial score (nSPS) is 10.3. The van der Waals surface area contributed by atoms with E-state index in [1.165, 1.54) is 16.9 Å². The average molecular weight is 283 g/mol. The van der Waals surface area contributed by atoms with Crippen LogP contribution in [0.5, 0.6) is 0 Å². The Hall–Kier alpha value is -3.09. The molecule has 1 N–H and O–H groups in total. The van der Waals surface area contributed by atoms with Crippen LogP contribution in [0.15, 0.2) is 55.2 Å². The first-order valence-corrected chi connectivity index (χ1v) is 6.11. The molecule has 104 valence electrons. The highest BCUT2D eigenvalue weighted by Gasteiger charge is 2.14. The predicted molar refractivity (Wildman–Crippen MR) is 73.5 cm³/mol. The summed E-state index contributed by atoms with van der Waals surface area (Å²) in [5.74, 6) is -0.804. The quantitative estimate of drug-likeness (QED) is 0.798. The third-order valence-electron chi connectivity index (χ3n) is 2.77. The maximum Gasteiger partial charge on any atom is 0.258 e. The van der Waals surface area contributed by atoms with Gasteiger partial charge in [-0.2, -0.15) is 5.10 Å². The highest BCUT2D eigenvalue weighted by molar-refractivity contribution is 6.05. The lowest BCUT2D eigenvalue weighted by Crippen LogP contribution is -2.16. The average Bonchev–Trinajstić information content (AvgIpc) is 3.02. The molecular weight excluding hydrogens is 273 g/mol. The van der Waals surface area contributed by atoms with Gasteiger partial charge in [-0.25, -0.2) is 14.1 Å². The minimum Gasteiger partial charge on any atom is -0.319 e. The molecule has 3 heterocycles. The van der Waals surface area contributed by atoms with Crippen molar-refractivity contribution >= 4 is 11.6 Å². The van der Waals surface area contributed by atoms with E-state index in [1.54, 1.807) is 36.8 Å². The van der Waals surface area contributed by atoms with E-state index in [0.717, 1.165) is 6.20 Å². The Labute approximate surface area is 119 Å². The lowest BCUT2D eigenvalue weighted by atomic mass is 10.2. The fourth-order valence-corrected chi connectivity index (χ4v) is 1.82. The smallest absolute Gasteiger partial charge is 0.258 e. The molecule has 0 atom stereocenters. The number of halogens is 1. The third-order valence-corrected chi connectivity index (χ3v) is 2.77. The van der Waals surface area contributed by atoms with Crippen LogP contribution < -0.4 is 5.32 Å². The molecule has 3 aromatic heterocycles. The van der Waals surface area contributed by atoms with Crippen molar-refractivity contribution < 1.29 is 9.18 Å². The van der Waals surface area contributed by atoms with Crippen LogP contribution in [0, 0.1) is 5.82 Å². The highest BCUT2D eigenvalue weighted by atomic mass is 19.1. The lowest BCUT2D eigenvalue weighted by Gasteiger charge is -2.10. The van der Waals surface area contributed by atoms with Crippen molar-refractivity contribution in [1.29, 1.82) is 0 Å². The van der Waals surface area contributed by atoms with Gasteiger partial charge in [0, 0.05) is 24.8 Å². The molecule has 0 aliphatic rings. The van der Waals surface area contributed by atoms with Gasteiger partial charge in [-0.1, -0.05) is 0 Å². The van der Waals surface area contributed by atoms with Crippen LogP contribution in [0.4, 0.5) is 10.1 Å². The van der Waals surface area contributed by atoms with E-state index in [9.17, 15) is 9.18 Å². The van der Waals surface area contributed by atoms with Crippen molar-refractivity contribution in [2.24, 2.45) is 0 Å². The van der Waals surface area contributed by atoms with Gasteiger partial charge < -0.3 is 5.32 Å². The van der Waals surface area contributed by atoms with Crippen molar-refractivity contribution in [3.63, 3.8) is 0 Å². The zero-order valence-corrected chi connectivity index (χ0v) is 10.8. The highest BCUT2D eigenvalue weighted by Crippen LogP contribution is 2.17. The molecular formula is C14H10FN5O. The summed E-state index contributed by atoms with van der Waals surface area (Å²) in [4.78, 5) is 19.9. The fraction of sp³-hybridized carbons (Fsp3) is 0. The second kappa shape index (κ2) is 5.49. The number of carbonyl (C=O) groups excluding carboxylic acids is 1. The molecule has 0 fully saturated rings. The zero-order valence-electron chi connectivity index (χ0n) is 10.8. The number of hydrogen-bond acceptors (Lipinski definition) is 4. The van der Waals surface area contributed by atoms with E-state index in [4.69, 9.17) is 0 Å². The molecule has 7 heteroatoms. The minimum atomic E-state index is -0.681. The molecule has 0 aliphatic carbocycles. The van der Waals surface area contributed by atoms with Crippen molar-refractivity contribution in [2.45, 2.75) is 0 Å². The van der Waals surface area contributed by atoms with Gasteiger partial charge in [0.25, 0.3) is 5.91 Å². The topological polar surface area (TPSA) is 72.7 Å². The molecule has 0 bridgehead atoms. The van der Waals surface area contributed by atoms with Crippen molar-refractivity contribution in [3.8, 4) is 5.82 Å². The van der Waals surface area contributed by atoms with Gasteiger partial charge in [-0.05, 0) is 24.3 Å². The lowest BCUT2D eigenvalue weighted by molar-refractivity contribution is 0.102. The Bertz CT molecular complexity index is 773. The monoisotopic (exact) mass is 283 g/mol. The van der Waals surface area contributed by atoms with Crippen LogP contribution in [0.1, 0.15) is 10.4 Å². The fourth-order valence-electron chi connectivity index (χ4n) is 1.82. The van der Waals surface area contributed by atoms with E-state index in [0.29, 0.717) is 11.5 Å². The third kappa shape index (κ3) is 2.62. The summed E-state index contributed by atoms with van der Waals surface area (Å²) in [5.41, 5.74) is 0.350. The van der Waals surface area contributed by atoms with E-state index in [2.05, 4.69) is 20.4 Å². The Kier molecular flexibility index (Phi) is 3.38. The largest absolute Gasteiger partial charge is 0.319 e. The molecule has 6 nitrogen and oxygen atoms in total. The first-order chi connectivity index (χ1) is 10.3. The predicted octanol–water partition coefficient (Wildman–Crippen LogP) is 2.05. The van der Waals surface area contributed by atoms with Gasteiger partial charge in [0.15, 0.2) is 11.6 Å². The Morgan fingerprint density at radius 2 is 2.10 bits per heavy atom. The van der Waals surface area contributed by atoms with E-state index in [1.807, 2.05) is 0 Å². The number of carbonyl (C=O) groups is 1. The second-order valence-corrected chi connectivity index (χ2v) is 4.13. The van der Waals surface area contributed by atoms with Crippen LogP contribution in [0.2, 0.25) is 0 Å². The number of nitrogens with one attached hydrogen (secondary N) is 1. The first-order valence-electron chi connectivity index (χ1n) is 6.11. The minimum absolute atomic E-state index is 0.0831. The van der Waals surface area contributed by atoms with Gasteiger partial charge in [-0.3, -0.25) is 9.78 Å². The number of amides is 1. The molecule has 3 aromatic rings. The molecule has 0 spiro atoms. The van der Waals surface area contributed by atoms with E-state index in [-0.39, 0.29) is 5.56 Å². The zero-order chi connectivity index (χ0) is 14.7. The van der Waals surface area contributed by atoms with Crippen LogP contribution in [-0.4, -0.2) is 25.7 Å². The standard InChI is InChI=1S/C14H10FN5O/c15-11-9-16-7-4-10(11)14(21)19-12-3-1-5-17-13(12)20-8-2-6-18-20/h1-9H,(H,19,21). The Morgan fingerprint density at radius 1 is 1.19 bits per heavy atom. The van der Waals surface area contributed by atoms with Crippen LogP contribution in [0.3, 0.4) is 0 Å². The number of hydrogen-bond donors (Lipinski definition) is 1. The number of rotatable bonds is 3. The SMILES string of the molecule is O=C(Nc1cccnc1-n1cccn1)c1ccncc1F. The van der Waals surface area contributed by atoms with E-state index >= 15 is 0 Å². The number of nitrogens with zero attached hydrogens (tertiary/aromatic N) is 4. The molecule has 3 rings (SSSR count). The van der Waals surface area contributed by atoms with Crippen LogP contribution in [-0.2, 0) is 0 Å². The molecule has 0 aliphatic heterocycles. The molecule has 0 unspecified atom stereocenters. The van der Waals surface area contributed by atoms with Gasteiger partial charge >= 0.3 is 0 Å². The molecule has 0 saturated heterocycles. The summed E-state index contributed by atoms with van der Waals surface area (Å²) < 4.78 is 15.1. The Morgan fingerprint density at radius 3 is 2.86 bits per heavy atom. The summed E-state index contributed by atoms with van der Waals surface area (Å²) in [7, 11) is 0. The van der Waals surface area contributed by atoms with Crippen LogP contribution in [0.25, 0.3) is 5.82 Å². The number of anilines is 1. The summed E-state index contributed by atoms with van der Waals surface area (Å²) in [5, 5.41) is 6.69. The second-order valence-electron chi connectivity index (χ2n) is 4.13. The van der Waals surface area contributed by atoms with Gasteiger partial charge in [0.05, 0.1) is 17.4 Å². The van der Waals surface area contributed by atoms with Crippen molar-refractivity contribution in [1.82, 2.24) is 19.7 Å². The van der Waals surface area contributed by atoms with Crippen LogP contribution >= 0.6 is 0 Å². The summed E-state index contributed by atoms with van der Waals surface area (Å²) in [6, 6.07) is 6.39. The maximum atomic E-state index is 13.6. The first kappa shape index (κ1) is 12.9. The molecule has 0 saturated carbocycles. The van der Waals surface area contributed by atoms with Gasteiger partial charge in [-0.15, -0.1) is 0 Å². The van der Waals surface area contributed by atoms with Crippen molar-refractivity contribution in [3.05, 3.63) is 66.6 Å². The summed E-state index contributed by atoms with van der Waals surface area (Å²) in [6.45, 7) is 0. The molecule has 1 amide bonds. The van der Waals surface area contributed by atoms with Gasteiger partial charge in [0.2, 0.25) is 0 Å². The molecule has 21 heavy (non-hydrogen) atoms. The number of aromatic nitrogens is 4. The summed E-state index contributed by atoms with van der Waals surface area (Å²) >= 11 is 0. The molecule has 0 aromatic carbocycles. The maximum absolute atomic E-state index is 13.6. The number of pyridine rings is 2.